The topological polar surface area (TPSA) is 37.4 Å². The maximum atomic E-state index is 11.4. The van der Waals surface area contributed by atoms with Crippen LogP contribution in [0.15, 0.2) is 24.3 Å². The van der Waals surface area contributed by atoms with E-state index in [-0.39, 0.29) is 18.1 Å². The Balaban J connectivity index is 1.95. The zero-order valence-corrected chi connectivity index (χ0v) is 9.40. The van der Waals surface area contributed by atoms with Gasteiger partial charge in [0.25, 0.3) is 0 Å². The quantitative estimate of drug-likeness (QED) is 0.716. The highest BCUT2D eigenvalue weighted by Gasteiger charge is 2.26. The van der Waals surface area contributed by atoms with Gasteiger partial charge in [-0.2, -0.15) is 0 Å². The lowest BCUT2D eigenvalue weighted by molar-refractivity contribution is -0.127. The summed E-state index contributed by atoms with van der Waals surface area (Å²) in [5.41, 5.74) is 2.48. The Morgan fingerprint density at radius 1 is 1.25 bits per heavy atom. The summed E-state index contributed by atoms with van der Waals surface area (Å²) in [5, 5.41) is 0. The molecule has 0 N–H and O–H groups in total. The molecule has 0 spiro atoms. The second-order valence-electron chi connectivity index (χ2n) is 4.21. The normalized spacial score (nSPS) is 15.9. The van der Waals surface area contributed by atoms with Gasteiger partial charge >= 0.3 is 0 Å². The summed E-state index contributed by atoms with van der Waals surface area (Å²) in [5.74, 6) is 0.00775. The van der Waals surface area contributed by atoms with Gasteiger partial charge in [-0.3, -0.25) is 9.59 Å². The Hall–Kier alpha value is -1.64. The maximum absolute atomic E-state index is 11.4. The van der Waals surface area contributed by atoms with Crippen molar-refractivity contribution >= 4 is 11.7 Å². The van der Waals surface area contributed by atoms with Gasteiger partial charge in [0.1, 0.15) is 0 Å². The van der Waals surface area contributed by atoms with E-state index in [0.29, 0.717) is 13.1 Å². The minimum absolute atomic E-state index is 0.0291. The Bertz CT molecular complexity index is 426. The highest BCUT2D eigenvalue weighted by molar-refractivity contribution is 6.05. The lowest BCUT2D eigenvalue weighted by Gasteiger charge is -2.15. The number of hydrogen-bond acceptors (Lipinski definition) is 2. The predicted molar refractivity (Wildman–Crippen MR) is 61.1 cm³/mol. The number of benzene rings is 1. The third-order valence-corrected chi connectivity index (χ3v) is 2.98. The van der Waals surface area contributed by atoms with Crippen LogP contribution in [0, 0.1) is 6.92 Å². The molecule has 2 rings (SSSR count). The molecule has 1 aliphatic heterocycles. The van der Waals surface area contributed by atoms with Gasteiger partial charge in [0.05, 0.1) is 13.0 Å². The largest absolute Gasteiger partial charge is 0.335 e. The number of carbonyl (C=O) groups excluding carboxylic acids is 2. The van der Waals surface area contributed by atoms with E-state index in [1.807, 2.05) is 12.1 Å². The van der Waals surface area contributed by atoms with Crippen molar-refractivity contribution in [2.75, 3.05) is 13.1 Å². The van der Waals surface area contributed by atoms with Crippen molar-refractivity contribution in [2.45, 2.75) is 19.8 Å². The van der Waals surface area contributed by atoms with Gasteiger partial charge in [-0.05, 0) is 24.5 Å². The van der Waals surface area contributed by atoms with Gasteiger partial charge in [-0.1, -0.05) is 24.3 Å². The smallest absolute Gasteiger partial charge is 0.230 e. The fourth-order valence-corrected chi connectivity index (χ4v) is 1.99. The molecule has 84 valence electrons. The van der Waals surface area contributed by atoms with Gasteiger partial charge < -0.3 is 4.90 Å². The minimum Gasteiger partial charge on any atom is -0.335 e. The molecule has 1 aromatic rings. The summed E-state index contributed by atoms with van der Waals surface area (Å²) < 4.78 is 0. The number of ketones is 1. The lowest BCUT2D eigenvalue weighted by atomic mass is 10.1. The summed E-state index contributed by atoms with van der Waals surface area (Å²) >= 11 is 0. The Kier molecular flexibility index (Phi) is 3.04. The van der Waals surface area contributed by atoms with Crippen molar-refractivity contribution in [1.82, 2.24) is 4.90 Å². The van der Waals surface area contributed by atoms with Gasteiger partial charge in [0.15, 0.2) is 5.78 Å². The molecular weight excluding hydrogens is 202 g/mol. The second kappa shape index (κ2) is 4.47. The Labute approximate surface area is 95.1 Å². The average molecular weight is 217 g/mol. The standard InChI is InChI=1S/C13H15NO2/c1-10-4-2-3-5-11(10)6-7-14-9-12(15)8-13(14)16/h2-5H,6-9H2,1H3. The molecule has 0 aromatic heterocycles. The molecule has 0 bridgehead atoms. The van der Waals surface area contributed by atoms with Crippen molar-refractivity contribution in [3.05, 3.63) is 35.4 Å². The molecule has 0 radical (unpaired) electrons. The highest BCUT2D eigenvalue weighted by atomic mass is 16.2. The summed E-state index contributed by atoms with van der Waals surface area (Å²) in [4.78, 5) is 24.1. The molecule has 0 saturated carbocycles. The fourth-order valence-electron chi connectivity index (χ4n) is 1.99. The number of hydrogen-bond donors (Lipinski definition) is 0. The van der Waals surface area contributed by atoms with E-state index in [1.54, 1.807) is 4.90 Å². The van der Waals surface area contributed by atoms with Crippen LogP contribution in [-0.4, -0.2) is 29.7 Å². The Morgan fingerprint density at radius 3 is 2.62 bits per heavy atom. The van der Waals surface area contributed by atoms with Gasteiger partial charge in [0.2, 0.25) is 5.91 Å². The number of likely N-dealkylation sites (tertiary alicyclic amines) is 1. The van der Waals surface area contributed by atoms with Crippen molar-refractivity contribution in [2.24, 2.45) is 0 Å². The van der Waals surface area contributed by atoms with Crippen LogP contribution in [0.25, 0.3) is 0 Å². The molecule has 16 heavy (non-hydrogen) atoms. The van der Waals surface area contributed by atoms with E-state index in [9.17, 15) is 9.59 Å². The molecule has 0 unspecified atom stereocenters. The average Bonchev–Trinajstić information content (AvgIpc) is 2.56. The summed E-state index contributed by atoms with van der Waals surface area (Å²) in [6, 6.07) is 8.13. The van der Waals surface area contributed by atoms with Crippen LogP contribution in [0.4, 0.5) is 0 Å². The molecule has 1 saturated heterocycles. The molecule has 0 atom stereocenters. The van der Waals surface area contributed by atoms with Crippen LogP contribution in [0.5, 0.6) is 0 Å². The third kappa shape index (κ3) is 2.30. The first kappa shape index (κ1) is 10.9. The molecule has 1 aliphatic rings. The first-order valence-electron chi connectivity index (χ1n) is 5.51. The highest BCUT2D eigenvalue weighted by Crippen LogP contribution is 2.11. The third-order valence-electron chi connectivity index (χ3n) is 2.98. The zero-order valence-electron chi connectivity index (χ0n) is 9.40. The maximum Gasteiger partial charge on any atom is 0.230 e. The van der Waals surface area contributed by atoms with E-state index in [1.165, 1.54) is 11.1 Å². The predicted octanol–water partition coefficient (Wildman–Crippen LogP) is 1.34. The molecule has 1 heterocycles. The second-order valence-corrected chi connectivity index (χ2v) is 4.21. The molecule has 3 nitrogen and oxygen atoms in total. The van der Waals surface area contributed by atoms with Gasteiger partial charge in [-0.15, -0.1) is 0 Å². The van der Waals surface area contributed by atoms with E-state index >= 15 is 0 Å². The van der Waals surface area contributed by atoms with E-state index < -0.39 is 0 Å². The molecular formula is C13H15NO2. The number of amides is 1. The zero-order chi connectivity index (χ0) is 11.5. The van der Waals surface area contributed by atoms with Crippen LogP contribution < -0.4 is 0 Å². The minimum atomic E-state index is -0.0291. The van der Waals surface area contributed by atoms with Crippen LogP contribution in [-0.2, 0) is 16.0 Å². The van der Waals surface area contributed by atoms with E-state index in [2.05, 4.69) is 19.1 Å². The van der Waals surface area contributed by atoms with Crippen LogP contribution >= 0.6 is 0 Å². The van der Waals surface area contributed by atoms with Gasteiger partial charge in [0, 0.05) is 6.54 Å². The number of Topliss-reactive ketones (excluding diaryl/α,β-unsaturated/α-hetero) is 1. The van der Waals surface area contributed by atoms with Crippen molar-refractivity contribution in [1.29, 1.82) is 0 Å². The van der Waals surface area contributed by atoms with Crippen LogP contribution in [0.3, 0.4) is 0 Å². The van der Waals surface area contributed by atoms with Crippen LogP contribution in [0.2, 0.25) is 0 Å². The Morgan fingerprint density at radius 2 is 2.00 bits per heavy atom. The SMILES string of the molecule is Cc1ccccc1CCN1CC(=O)CC1=O. The van der Waals surface area contributed by atoms with Crippen molar-refractivity contribution < 1.29 is 9.59 Å². The van der Waals surface area contributed by atoms with Crippen molar-refractivity contribution in [3.8, 4) is 0 Å². The number of aryl methyl sites for hydroxylation is 1. The van der Waals surface area contributed by atoms with E-state index in [0.717, 1.165) is 6.42 Å². The number of carbonyl (C=O) groups is 2. The van der Waals surface area contributed by atoms with Gasteiger partial charge in [-0.25, -0.2) is 0 Å². The molecule has 3 heteroatoms. The fraction of sp³-hybridized carbons (Fsp3) is 0.385. The summed E-state index contributed by atoms with van der Waals surface area (Å²) in [6.45, 7) is 3.01. The summed E-state index contributed by atoms with van der Waals surface area (Å²) in [6.07, 6.45) is 0.916. The molecule has 1 aromatic carbocycles. The van der Waals surface area contributed by atoms with Crippen molar-refractivity contribution in [3.63, 3.8) is 0 Å². The van der Waals surface area contributed by atoms with Crippen LogP contribution in [0.1, 0.15) is 17.5 Å². The molecule has 1 fully saturated rings. The first-order chi connectivity index (χ1) is 7.66. The molecule has 0 aliphatic carbocycles. The molecule has 1 amide bonds. The number of nitrogens with zero attached hydrogens (tertiary/aromatic N) is 1. The summed E-state index contributed by atoms with van der Waals surface area (Å²) in [7, 11) is 0. The lowest BCUT2D eigenvalue weighted by Crippen LogP contribution is -2.27. The first-order valence-corrected chi connectivity index (χ1v) is 5.51. The monoisotopic (exact) mass is 217 g/mol. The van der Waals surface area contributed by atoms with E-state index in [4.69, 9.17) is 0 Å². The number of rotatable bonds is 3.